The highest BCUT2D eigenvalue weighted by atomic mass is 16.4. The molecule has 0 amide bonds. The van der Waals surface area contributed by atoms with E-state index in [1.165, 1.54) is 0 Å². The Labute approximate surface area is 96.5 Å². The van der Waals surface area contributed by atoms with Crippen molar-refractivity contribution < 1.29 is 9.90 Å². The second-order valence-electron chi connectivity index (χ2n) is 4.48. The van der Waals surface area contributed by atoms with Crippen LogP contribution in [0.15, 0.2) is 24.5 Å². The van der Waals surface area contributed by atoms with Crippen molar-refractivity contribution in [2.75, 3.05) is 0 Å². The van der Waals surface area contributed by atoms with Crippen molar-refractivity contribution in [2.45, 2.75) is 39.5 Å². The van der Waals surface area contributed by atoms with Crippen LogP contribution in [0.5, 0.6) is 0 Å². The summed E-state index contributed by atoms with van der Waals surface area (Å²) in [7, 11) is 0. The van der Waals surface area contributed by atoms with Gasteiger partial charge in [0.1, 0.15) is 0 Å². The van der Waals surface area contributed by atoms with Crippen molar-refractivity contribution in [3.8, 4) is 0 Å². The lowest BCUT2D eigenvalue weighted by molar-refractivity contribution is -0.148. The fourth-order valence-corrected chi connectivity index (χ4v) is 1.86. The van der Waals surface area contributed by atoms with Gasteiger partial charge in [0, 0.05) is 12.4 Å². The summed E-state index contributed by atoms with van der Waals surface area (Å²) in [5, 5.41) is 9.23. The van der Waals surface area contributed by atoms with Crippen LogP contribution in [0.1, 0.15) is 38.7 Å². The Kier molecular flexibility index (Phi) is 4.47. The van der Waals surface area contributed by atoms with E-state index in [2.05, 4.69) is 4.98 Å². The smallest absolute Gasteiger partial charge is 0.309 e. The van der Waals surface area contributed by atoms with Gasteiger partial charge < -0.3 is 5.11 Å². The molecule has 3 nitrogen and oxygen atoms in total. The number of carboxylic acid groups (broad SMARTS) is 1. The van der Waals surface area contributed by atoms with Crippen LogP contribution < -0.4 is 0 Å². The first-order valence-electron chi connectivity index (χ1n) is 5.71. The highest BCUT2D eigenvalue weighted by Crippen LogP contribution is 2.29. The standard InChI is InChI=1S/C13H19NO2/c1-3-7-13(2,12(15)16)8-6-11-5-4-9-14-10-11/h4-5,9-10H,3,6-8H2,1-2H3,(H,15,16). The van der Waals surface area contributed by atoms with Crippen molar-refractivity contribution in [1.82, 2.24) is 4.98 Å². The third-order valence-corrected chi connectivity index (χ3v) is 3.01. The Bertz CT molecular complexity index is 337. The fraction of sp³-hybridized carbons (Fsp3) is 0.538. The van der Waals surface area contributed by atoms with Crippen LogP contribution in [0.4, 0.5) is 0 Å². The zero-order chi connectivity index (χ0) is 12.0. The molecular weight excluding hydrogens is 202 g/mol. The van der Waals surface area contributed by atoms with E-state index in [1.54, 1.807) is 12.4 Å². The predicted molar refractivity (Wildman–Crippen MR) is 63.2 cm³/mol. The quantitative estimate of drug-likeness (QED) is 0.803. The van der Waals surface area contributed by atoms with Gasteiger partial charge >= 0.3 is 5.97 Å². The number of hydrogen-bond donors (Lipinski definition) is 1. The first-order valence-corrected chi connectivity index (χ1v) is 5.71. The van der Waals surface area contributed by atoms with E-state index >= 15 is 0 Å². The minimum atomic E-state index is -0.696. The van der Waals surface area contributed by atoms with Crippen LogP contribution in [-0.4, -0.2) is 16.1 Å². The van der Waals surface area contributed by atoms with E-state index in [1.807, 2.05) is 26.0 Å². The van der Waals surface area contributed by atoms with Crippen LogP contribution in [0.2, 0.25) is 0 Å². The highest BCUT2D eigenvalue weighted by Gasteiger charge is 2.31. The number of aryl methyl sites for hydroxylation is 1. The summed E-state index contributed by atoms with van der Waals surface area (Å²) in [4.78, 5) is 15.2. The molecule has 1 aromatic heterocycles. The van der Waals surface area contributed by atoms with E-state index in [0.29, 0.717) is 6.42 Å². The molecule has 1 rings (SSSR count). The maximum atomic E-state index is 11.2. The van der Waals surface area contributed by atoms with Gasteiger partial charge in [0.25, 0.3) is 0 Å². The van der Waals surface area contributed by atoms with Crippen molar-refractivity contribution >= 4 is 5.97 Å². The molecule has 3 heteroatoms. The lowest BCUT2D eigenvalue weighted by Gasteiger charge is -2.24. The predicted octanol–water partition coefficient (Wildman–Crippen LogP) is 2.91. The van der Waals surface area contributed by atoms with Gasteiger partial charge in [-0.25, -0.2) is 0 Å². The molecule has 0 bridgehead atoms. The first kappa shape index (κ1) is 12.7. The molecule has 0 radical (unpaired) electrons. The summed E-state index contributed by atoms with van der Waals surface area (Å²) in [5.74, 6) is -0.696. The zero-order valence-corrected chi connectivity index (χ0v) is 9.94. The number of carbonyl (C=O) groups is 1. The van der Waals surface area contributed by atoms with E-state index in [0.717, 1.165) is 24.8 Å². The fourth-order valence-electron chi connectivity index (χ4n) is 1.86. The summed E-state index contributed by atoms with van der Waals surface area (Å²) in [6.45, 7) is 3.85. The Hall–Kier alpha value is -1.38. The number of rotatable bonds is 6. The number of pyridine rings is 1. The molecule has 1 atom stereocenters. The minimum absolute atomic E-state index is 0.607. The van der Waals surface area contributed by atoms with E-state index in [9.17, 15) is 9.90 Å². The summed E-state index contributed by atoms with van der Waals surface area (Å²) in [6, 6.07) is 3.87. The van der Waals surface area contributed by atoms with Crippen molar-refractivity contribution in [2.24, 2.45) is 5.41 Å². The van der Waals surface area contributed by atoms with Crippen LogP contribution in [-0.2, 0) is 11.2 Å². The Morgan fingerprint density at radius 1 is 1.50 bits per heavy atom. The second kappa shape index (κ2) is 5.64. The molecule has 0 aromatic carbocycles. The Morgan fingerprint density at radius 3 is 2.75 bits per heavy atom. The third kappa shape index (κ3) is 3.33. The monoisotopic (exact) mass is 221 g/mol. The van der Waals surface area contributed by atoms with Crippen molar-refractivity contribution in [1.29, 1.82) is 0 Å². The second-order valence-corrected chi connectivity index (χ2v) is 4.48. The molecule has 0 saturated carbocycles. The van der Waals surface area contributed by atoms with Gasteiger partial charge in [-0.1, -0.05) is 19.4 Å². The number of nitrogens with zero attached hydrogens (tertiary/aromatic N) is 1. The SMILES string of the molecule is CCCC(C)(CCc1cccnc1)C(=O)O. The van der Waals surface area contributed by atoms with Crippen LogP contribution >= 0.6 is 0 Å². The van der Waals surface area contributed by atoms with Crippen molar-refractivity contribution in [3.63, 3.8) is 0 Å². The van der Waals surface area contributed by atoms with E-state index in [-0.39, 0.29) is 0 Å². The van der Waals surface area contributed by atoms with Gasteiger partial charge in [0.15, 0.2) is 0 Å². The molecule has 88 valence electrons. The number of aromatic nitrogens is 1. The number of hydrogen-bond acceptors (Lipinski definition) is 2. The summed E-state index contributed by atoms with van der Waals surface area (Å²) in [5.41, 5.74) is 0.496. The Balaban J connectivity index is 2.60. The average molecular weight is 221 g/mol. The van der Waals surface area contributed by atoms with E-state index < -0.39 is 11.4 Å². The largest absolute Gasteiger partial charge is 0.481 e. The van der Waals surface area contributed by atoms with Gasteiger partial charge in [-0.15, -0.1) is 0 Å². The molecule has 0 aliphatic rings. The molecule has 0 saturated heterocycles. The topological polar surface area (TPSA) is 50.2 Å². The average Bonchev–Trinajstić information content (AvgIpc) is 2.28. The molecule has 1 aromatic rings. The molecule has 0 aliphatic heterocycles. The summed E-state index contributed by atoms with van der Waals surface area (Å²) in [6.07, 6.45) is 6.59. The van der Waals surface area contributed by atoms with Crippen LogP contribution in [0.25, 0.3) is 0 Å². The van der Waals surface area contributed by atoms with Gasteiger partial charge in [0.05, 0.1) is 5.41 Å². The van der Waals surface area contributed by atoms with Gasteiger partial charge in [-0.3, -0.25) is 9.78 Å². The lowest BCUT2D eigenvalue weighted by Crippen LogP contribution is -2.28. The molecule has 0 fully saturated rings. The summed E-state index contributed by atoms with van der Waals surface area (Å²) < 4.78 is 0. The molecule has 0 aliphatic carbocycles. The zero-order valence-electron chi connectivity index (χ0n) is 9.94. The maximum Gasteiger partial charge on any atom is 0.309 e. The van der Waals surface area contributed by atoms with Gasteiger partial charge in [-0.05, 0) is 37.8 Å². The number of aliphatic carboxylic acids is 1. The third-order valence-electron chi connectivity index (χ3n) is 3.01. The summed E-state index contributed by atoms with van der Waals surface area (Å²) >= 11 is 0. The van der Waals surface area contributed by atoms with E-state index in [4.69, 9.17) is 0 Å². The molecular formula is C13H19NO2. The lowest BCUT2D eigenvalue weighted by atomic mass is 9.80. The Morgan fingerprint density at radius 2 is 2.25 bits per heavy atom. The molecule has 0 spiro atoms. The number of carboxylic acids is 1. The molecule has 1 N–H and O–H groups in total. The minimum Gasteiger partial charge on any atom is -0.481 e. The first-order chi connectivity index (χ1) is 7.58. The molecule has 1 unspecified atom stereocenters. The normalized spacial score (nSPS) is 14.4. The van der Waals surface area contributed by atoms with Crippen LogP contribution in [0.3, 0.4) is 0 Å². The van der Waals surface area contributed by atoms with Crippen LogP contribution in [0, 0.1) is 5.41 Å². The van der Waals surface area contributed by atoms with Gasteiger partial charge in [0.2, 0.25) is 0 Å². The van der Waals surface area contributed by atoms with Crippen molar-refractivity contribution in [3.05, 3.63) is 30.1 Å². The highest BCUT2D eigenvalue weighted by molar-refractivity contribution is 5.74. The maximum absolute atomic E-state index is 11.2. The molecule has 16 heavy (non-hydrogen) atoms. The molecule has 1 heterocycles. The van der Waals surface area contributed by atoms with Gasteiger partial charge in [-0.2, -0.15) is 0 Å².